The summed E-state index contributed by atoms with van der Waals surface area (Å²) in [5.74, 6) is -0.380. The Labute approximate surface area is 233 Å². The number of benzene rings is 2. The largest absolute Gasteiger partial charge is 0.445 e. The van der Waals surface area contributed by atoms with Crippen LogP contribution in [0, 0.1) is 20.2 Å². The lowest BCUT2D eigenvalue weighted by Gasteiger charge is -2.25. The predicted octanol–water partition coefficient (Wildman–Crippen LogP) is 3.04. The Hall–Kier alpha value is -4.40. The van der Waals surface area contributed by atoms with Gasteiger partial charge in [0.1, 0.15) is 19.3 Å². The van der Waals surface area contributed by atoms with Gasteiger partial charge in [0.2, 0.25) is 5.91 Å². The van der Waals surface area contributed by atoms with Gasteiger partial charge in [0, 0.05) is 55.2 Å². The van der Waals surface area contributed by atoms with Gasteiger partial charge in [-0.2, -0.15) is 12.6 Å². The fourth-order valence-electron chi connectivity index (χ4n) is 4.50. The number of non-ortho nitro benzene ring substituents is 2. The normalized spacial score (nSPS) is 20.2. The quantitative estimate of drug-likeness (QED) is 0.273. The zero-order chi connectivity index (χ0) is 28.8. The first kappa shape index (κ1) is 28.6. The van der Waals surface area contributed by atoms with Gasteiger partial charge in [-0.05, 0) is 48.2 Å². The van der Waals surface area contributed by atoms with E-state index in [-0.39, 0.29) is 54.9 Å². The second-order valence-electron chi connectivity index (χ2n) is 9.45. The number of hydrogen-bond acceptors (Lipinski definition) is 10. The summed E-state index contributed by atoms with van der Waals surface area (Å²) in [4.78, 5) is 61.6. The lowest BCUT2D eigenvalue weighted by Crippen LogP contribution is -2.49. The number of carbonyl (C=O) groups is 3. The van der Waals surface area contributed by atoms with Gasteiger partial charge < -0.3 is 19.7 Å². The Bertz CT molecular complexity index is 1270. The molecule has 2 aliphatic heterocycles. The molecule has 2 aromatic carbocycles. The average molecular weight is 574 g/mol. The highest BCUT2D eigenvalue weighted by atomic mass is 32.1. The number of nitro benzene ring substituents is 2. The Kier molecular flexibility index (Phi) is 9.04. The van der Waals surface area contributed by atoms with E-state index < -0.39 is 28.1 Å². The second kappa shape index (κ2) is 12.6. The van der Waals surface area contributed by atoms with Crippen LogP contribution < -0.4 is 5.32 Å². The minimum Gasteiger partial charge on any atom is -0.445 e. The number of thiol groups is 1. The molecule has 0 aliphatic carbocycles. The molecule has 3 amide bonds. The van der Waals surface area contributed by atoms with Gasteiger partial charge in [0.25, 0.3) is 11.4 Å². The van der Waals surface area contributed by atoms with E-state index in [4.69, 9.17) is 9.47 Å². The van der Waals surface area contributed by atoms with Gasteiger partial charge in [-0.3, -0.25) is 29.9 Å². The van der Waals surface area contributed by atoms with Crippen LogP contribution in [0.5, 0.6) is 0 Å². The highest BCUT2D eigenvalue weighted by Gasteiger charge is 2.40. The van der Waals surface area contributed by atoms with Crippen LogP contribution in [-0.2, 0) is 27.5 Å². The maximum absolute atomic E-state index is 13.1. The fourth-order valence-corrected chi connectivity index (χ4v) is 4.87. The number of carbonyl (C=O) groups excluding carboxylic acids is 3. The summed E-state index contributed by atoms with van der Waals surface area (Å²) in [5.41, 5.74) is 1.03. The average Bonchev–Trinajstić information content (AvgIpc) is 3.57. The molecule has 0 spiro atoms. The van der Waals surface area contributed by atoms with Gasteiger partial charge in [0.15, 0.2) is 0 Å². The number of hydrogen-bond donors (Lipinski definition) is 2. The molecule has 0 radical (unpaired) electrons. The van der Waals surface area contributed by atoms with E-state index in [1.807, 2.05) is 0 Å². The molecule has 2 saturated heterocycles. The van der Waals surface area contributed by atoms with Crippen LogP contribution in [0.2, 0.25) is 0 Å². The second-order valence-corrected chi connectivity index (χ2v) is 10.2. The Morgan fingerprint density at radius 2 is 1.40 bits per heavy atom. The lowest BCUT2D eigenvalue weighted by molar-refractivity contribution is -0.385. The van der Waals surface area contributed by atoms with Crippen molar-refractivity contribution in [3.05, 3.63) is 79.9 Å². The summed E-state index contributed by atoms with van der Waals surface area (Å²) in [6.07, 6.45) is -0.435. The molecule has 40 heavy (non-hydrogen) atoms. The standard InChI is InChI=1S/C25H27N5O9S/c31-23(22-11-21(40)13-28(22)25(33)39-15-17-3-7-20(8-4-17)30(36)37)26-18-9-10-27(12-18)24(32)38-14-16-1-5-19(6-2-16)29(34)35/h1-8,18,21-22,40H,9-15H2,(H,26,31)/t18-,21-,22-/m0/s1. The van der Waals surface area contributed by atoms with Crippen LogP contribution >= 0.6 is 12.6 Å². The maximum atomic E-state index is 13.1. The topological polar surface area (TPSA) is 174 Å². The molecule has 0 bridgehead atoms. The van der Waals surface area contributed by atoms with Crippen LogP contribution in [0.1, 0.15) is 24.0 Å². The highest BCUT2D eigenvalue weighted by Crippen LogP contribution is 2.24. The van der Waals surface area contributed by atoms with E-state index in [9.17, 15) is 34.6 Å². The van der Waals surface area contributed by atoms with E-state index >= 15 is 0 Å². The fraction of sp³-hybridized carbons (Fsp3) is 0.400. The van der Waals surface area contributed by atoms with Gasteiger partial charge in [-0.25, -0.2) is 9.59 Å². The highest BCUT2D eigenvalue weighted by molar-refractivity contribution is 7.81. The lowest BCUT2D eigenvalue weighted by atomic mass is 10.1. The first-order chi connectivity index (χ1) is 19.1. The van der Waals surface area contributed by atoms with E-state index in [2.05, 4.69) is 17.9 Å². The van der Waals surface area contributed by atoms with Crippen molar-refractivity contribution in [2.75, 3.05) is 19.6 Å². The molecule has 0 aromatic heterocycles. The van der Waals surface area contributed by atoms with Crippen molar-refractivity contribution in [1.29, 1.82) is 0 Å². The van der Waals surface area contributed by atoms with Crippen LogP contribution in [-0.4, -0.2) is 74.7 Å². The molecule has 0 saturated carbocycles. The SMILES string of the molecule is O=C(N[C@H]1CCN(C(=O)OCc2ccc([N+](=O)[O-])cc2)C1)[C@@H]1C[C@H](S)CN1C(=O)OCc1ccc([N+](=O)[O-])cc1. The molecule has 1 N–H and O–H groups in total. The third-order valence-corrected chi connectivity index (χ3v) is 7.00. The summed E-state index contributed by atoms with van der Waals surface area (Å²) in [6.45, 7) is 0.647. The summed E-state index contributed by atoms with van der Waals surface area (Å²) < 4.78 is 10.6. The van der Waals surface area contributed by atoms with Gasteiger partial charge in [0.05, 0.1) is 9.85 Å². The van der Waals surface area contributed by atoms with Gasteiger partial charge >= 0.3 is 12.2 Å². The number of ether oxygens (including phenoxy) is 2. The number of rotatable bonds is 8. The van der Waals surface area contributed by atoms with Crippen molar-refractivity contribution in [1.82, 2.24) is 15.1 Å². The number of nitro groups is 2. The zero-order valence-electron chi connectivity index (χ0n) is 21.2. The Morgan fingerprint density at radius 1 is 0.875 bits per heavy atom. The molecule has 2 fully saturated rings. The number of amides is 3. The summed E-state index contributed by atoms with van der Waals surface area (Å²) in [5, 5.41) is 24.2. The minimum absolute atomic E-state index is 0.0489. The summed E-state index contributed by atoms with van der Waals surface area (Å²) in [7, 11) is 0. The van der Waals surface area contributed by atoms with E-state index in [1.165, 1.54) is 58.3 Å². The molecule has 0 unspecified atom stereocenters. The van der Waals surface area contributed by atoms with Crippen molar-refractivity contribution in [2.24, 2.45) is 0 Å². The zero-order valence-corrected chi connectivity index (χ0v) is 22.1. The Balaban J connectivity index is 1.24. The minimum atomic E-state index is -0.796. The van der Waals surface area contributed by atoms with Gasteiger partial charge in [-0.15, -0.1) is 0 Å². The van der Waals surface area contributed by atoms with Crippen LogP contribution in [0.3, 0.4) is 0 Å². The molecule has 212 valence electrons. The summed E-state index contributed by atoms with van der Waals surface area (Å²) >= 11 is 4.43. The number of nitrogens with zero attached hydrogens (tertiary/aromatic N) is 4. The van der Waals surface area contributed by atoms with Crippen LogP contribution in [0.25, 0.3) is 0 Å². The van der Waals surface area contributed by atoms with Crippen molar-refractivity contribution < 1.29 is 33.7 Å². The molecular formula is C25H27N5O9S. The molecule has 14 nitrogen and oxygen atoms in total. The van der Waals surface area contributed by atoms with Crippen LogP contribution in [0.15, 0.2) is 48.5 Å². The Morgan fingerprint density at radius 3 is 1.93 bits per heavy atom. The van der Waals surface area contributed by atoms with Gasteiger partial charge in [-0.1, -0.05) is 0 Å². The summed E-state index contributed by atoms with van der Waals surface area (Å²) in [6, 6.07) is 10.2. The van der Waals surface area contributed by atoms with E-state index in [0.29, 0.717) is 30.5 Å². The number of nitrogens with one attached hydrogen (secondary N) is 1. The third kappa shape index (κ3) is 7.16. The molecule has 15 heteroatoms. The third-order valence-electron chi connectivity index (χ3n) is 6.63. The van der Waals surface area contributed by atoms with Crippen molar-refractivity contribution in [2.45, 2.75) is 43.4 Å². The molecule has 2 heterocycles. The van der Waals surface area contributed by atoms with Crippen LogP contribution in [0.4, 0.5) is 21.0 Å². The van der Waals surface area contributed by atoms with Crippen molar-refractivity contribution in [3.8, 4) is 0 Å². The molecule has 2 aliphatic rings. The molecule has 3 atom stereocenters. The number of likely N-dealkylation sites (tertiary alicyclic amines) is 2. The van der Waals surface area contributed by atoms with Crippen molar-refractivity contribution in [3.63, 3.8) is 0 Å². The molecular weight excluding hydrogens is 546 g/mol. The van der Waals surface area contributed by atoms with E-state index in [0.717, 1.165) is 0 Å². The molecule has 2 aromatic rings. The molecule has 4 rings (SSSR count). The van der Waals surface area contributed by atoms with Crippen molar-refractivity contribution >= 4 is 42.1 Å². The monoisotopic (exact) mass is 573 g/mol. The maximum Gasteiger partial charge on any atom is 0.410 e. The van der Waals surface area contributed by atoms with E-state index in [1.54, 1.807) is 0 Å². The first-order valence-electron chi connectivity index (χ1n) is 12.4. The first-order valence-corrected chi connectivity index (χ1v) is 12.9. The smallest absolute Gasteiger partial charge is 0.410 e. The predicted molar refractivity (Wildman–Crippen MR) is 143 cm³/mol.